The largest absolute Gasteiger partial charge is 0.367 e. The number of ether oxygens (including phenoxy) is 1. The molecule has 24 heavy (non-hydrogen) atoms. The van der Waals surface area contributed by atoms with Gasteiger partial charge in [0, 0.05) is 19.3 Å². The first-order valence-electron chi connectivity index (χ1n) is 8.49. The molecule has 1 aliphatic heterocycles. The molecule has 0 aliphatic carbocycles. The second kappa shape index (κ2) is 7.18. The van der Waals surface area contributed by atoms with Crippen LogP contribution in [0.25, 0.3) is 0 Å². The fourth-order valence-corrected chi connectivity index (χ4v) is 3.53. The molecule has 1 aromatic carbocycles. The van der Waals surface area contributed by atoms with E-state index in [0.717, 1.165) is 42.9 Å². The lowest BCUT2D eigenvalue weighted by Gasteiger charge is -2.28. The Morgan fingerprint density at radius 2 is 2.08 bits per heavy atom. The van der Waals surface area contributed by atoms with Crippen molar-refractivity contribution < 1.29 is 9.53 Å². The van der Waals surface area contributed by atoms with Crippen LogP contribution in [0.2, 0.25) is 0 Å². The summed E-state index contributed by atoms with van der Waals surface area (Å²) in [7, 11) is 1.60. The third-order valence-corrected chi connectivity index (χ3v) is 4.71. The first-order chi connectivity index (χ1) is 11.6. The van der Waals surface area contributed by atoms with Crippen LogP contribution in [0.4, 0.5) is 0 Å². The normalized spacial score (nSPS) is 18.8. The molecule has 0 radical (unpaired) electrons. The maximum Gasteiger partial charge on any atom is 0.256 e. The maximum absolute atomic E-state index is 13.0. The number of benzene rings is 1. The Morgan fingerprint density at radius 3 is 2.71 bits per heavy atom. The van der Waals surface area contributed by atoms with Gasteiger partial charge in [0.05, 0.1) is 18.3 Å². The fraction of sp³-hybridized carbons (Fsp3) is 0.474. The van der Waals surface area contributed by atoms with E-state index >= 15 is 0 Å². The molecular formula is C19H25N3O2. The zero-order chi connectivity index (χ0) is 17.1. The van der Waals surface area contributed by atoms with Gasteiger partial charge in [-0.05, 0) is 38.3 Å². The van der Waals surface area contributed by atoms with Crippen molar-refractivity contribution >= 4 is 5.91 Å². The summed E-state index contributed by atoms with van der Waals surface area (Å²) in [5, 5.41) is 4.54. The van der Waals surface area contributed by atoms with E-state index in [0.29, 0.717) is 0 Å². The van der Waals surface area contributed by atoms with Crippen molar-refractivity contribution in [3.8, 4) is 0 Å². The van der Waals surface area contributed by atoms with E-state index in [1.807, 2.05) is 46.8 Å². The Balaban J connectivity index is 1.76. The monoisotopic (exact) mass is 327 g/mol. The third-order valence-electron chi connectivity index (χ3n) is 4.71. The van der Waals surface area contributed by atoms with Crippen LogP contribution in [-0.2, 0) is 16.1 Å². The van der Waals surface area contributed by atoms with Crippen LogP contribution in [0.5, 0.6) is 0 Å². The minimum absolute atomic E-state index is 0.0488. The molecule has 0 saturated carbocycles. The van der Waals surface area contributed by atoms with Gasteiger partial charge < -0.3 is 9.64 Å². The Kier molecular flexibility index (Phi) is 5.00. The zero-order valence-electron chi connectivity index (χ0n) is 14.6. The molecular weight excluding hydrogens is 302 g/mol. The number of likely N-dealkylation sites (tertiary alicyclic amines) is 1. The third kappa shape index (κ3) is 3.36. The van der Waals surface area contributed by atoms with Crippen molar-refractivity contribution in [1.29, 1.82) is 0 Å². The van der Waals surface area contributed by atoms with Crippen molar-refractivity contribution in [1.82, 2.24) is 14.7 Å². The van der Waals surface area contributed by atoms with E-state index < -0.39 is 6.10 Å². The summed E-state index contributed by atoms with van der Waals surface area (Å²) in [5.74, 6) is 0.0488. The maximum atomic E-state index is 13.0. The van der Waals surface area contributed by atoms with Gasteiger partial charge in [-0.3, -0.25) is 9.48 Å². The molecule has 1 amide bonds. The fourth-order valence-electron chi connectivity index (χ4n) is 3.53. The molecule has 0 bridgehead atoms. The summed E-state index contributed by atoms with van der Waals surface area (Å²) < 4.78 is 7.53. The van der Waals surface area contributed by atoms with Gasteiger partial charge in [0.1, 0.15) is 0 Å². The Labute approximate surface area is 143 Å². The van der Waals surface area contributed by atoms with E-state index in [-0.39, 0.29) is 11.9 Å². The van der Waals surface area contributed by atoms with E-state index in [1.165, 1.54) is 0 Å². The topological polar surface area (TPSA) is 47.4 Å². The Morgan fingerprint density at radius 1 is 1.33 bits per heavy atom. The van der Waals surface area contributed by atoms with Crippen LogP contribution in [0.3, 0.4) is 0 Å². The highest BCUT2D eigenvalue weighted by molar-refractivity contribution is 5.83. The molecule has 1 saturated heterocycles. The number of hydrogen-bond donors (Lipinski definition) is 0. The van der Waals surface area contributed by atoms with Gasteiger partial charge in [-0.1, -0.05) is 30.3 Å². The van der Waals surface area contributed by atoms with Crippen LogP contribution >= 0.6 is 0 Å². The highest BCUT2D eigenvalue weighted by Gasteiger charge is 2.34. The molecule has 2 heterocycles. The number of carbonyl (C=O) groups is 1. The van der Waals surface area contributed by atoms with Gasteiger partial charge in [-0.2, -0.15) is 5.10 Å². The van der Waals surface area contributed by atoms with Crippen molar-refractivity contribution in [2.45, 2.75) is 45.4 Å². The Bertz CT molecular complexity index is 696. The highest BCUT2D eigenvalue weighted by Crippen LogP contribution is 2.26. The van der Waals surface area contributed by atoms with Crippen molar-refractivity contribution in [2.24, 2.45) is 0 Å². The molecule has 5 nitrogen and oxygen atoms in total. The summed E-state index contributed by atoms with van der Waals surface area (Å²) in [6.07, 6.45) is 1.50. The number of carbonyl (C=O) groups excluding carboxylic acids is 1. The summed E-state index contributed by atoms with van der Waals surface area (Å²) in [4.78, 5) is 15.0. The van der Waals surface area contributed by atoms with Crippen LogP contribution in [0, 0.1) is 13.8 Å². The van der Waals surface area contributed by atoms with Gasteiger partial charge in [0.15, 0.2) is 6.10 Å². The van der Waals surface area contributed by atoms with E-state index in [1.54, 1.807) is 7.11 Å². The van der Waals surface area contributed by atoms with Crippen LogP contribution < -0.4 is 0 Å². The Hall–Kier alpha value is -2.14. The average molecular weight is 327 g/mol. The number of aromatic nitrogens is 2. The predicted octanol–water partition coefficient (Wildman–Crippen LogP) is 2.88. The summed E-state index contributed by atoms with van der Waals surface area (Å²) in [5.41, 5.74) is 3.06. The molecule has 1 fully saturated rings. The lowest BCUT2D eigenvalue weighted by Crippen LogP contribution is -2.41. The van der Waals surface area contributed by atoms with Crippen LogP contribution in [-0.4, -0.2) is 40.3 Å². The van der Waals surface area contributed by atoms with Crippen LogP contribution in [0.1, 0.15) is 35.9 Å². The second-order valence-corrected chi connectivity index (χ2v) is 6.46. The number of rotatable bonds is 5. The number of aryl methyl sites for hydroxylation is 2. The lowest BCUT2D eigenvalue weighted by atomic mass is 10.1. The van der Waals surface area contributed by atoms with Gasteiger partial charge in [-0.25, -0.2) is 0 Å². The zero-order valence-corrected chi connectivity index (χ0v) is 14.6. The standard InChI is InChI=1S/C19H25N3O2/c1-14-12-15(2)22(20-14)13-17-10-7-11-21(17)19(23)18(24-3)16-8-5-4-6-9-16/h4-6,8-9,12,17-18H,7,10-11,13H2,1-3H3/t17-,18-/m1/s1. The van der Waals surface area contributed by atoms with E-state index in [4.69, 9.17) is 4.74 Å². The molecule has 3 rings (SSSR count). The average Bonchev–Trinajstić information content (AvgIpc) is 3.16. The molecule has 2 atom stereocenters. The summed E-state index contributed by atoms with van der Waals surface area (Å²) in [6, 6.07) is 12.0. The minimum Gasteiger partial charge on any atom is -0.367 e. The molecule has 0 spiro atoms. The molecule has 0 N–H and O–H groups in total. The molecule has 1 aromatic heterocycles. The van der Waals surface area contributed by atoms with Crippen LogP contribution in [0.15, 0.2) is 36.4 Å². The summed E-state index contributed by atoms with van der Waals surface area (Å²) >= 11 is 0. The molecule has 128 valence electrons. The van der Waals surface area contributed by atoms with Gasteiger partial charge in [-0.15, -0.1) is 0 Å². The van der Waals surface area contributed by atoms with Gasteiger partial charge in [0.2, 0.25) is 0 Å². The first kappa shape index (κ1) is 16.7. The number of methoxy groups -OCH3 is 1. The van der Waals surface area contributed by atoms with Crippen molar-refractivity contribution in [3.05, 3.63) is 53.3 Å². The smallest absolute Gasteiger partial charge is 0.256 e. The second-order valence-electron chi connectivity index (χ2n) is 6.46. The molecule has 2 aromatic rings. The van der Waals surface area contributed by atoms with Gasteiger partial charge >= 0.3 is 0 Å². The number of nitrogens with zero attached hydrogens (tertiary/aromatic N) is 3. The van der Waals surface area contributed by atoms with Gasteiger partial charge in [0.25, 0.3) is 5.91 Å². The predicted molar refractivity (Wildman–Crippen MR) is 92.6 cm³/mol. The minimum atomic E-state index is -0.535. The number of amides is 1. The molecule has 1 aliphatic rings. The number of hydrogen-bond acceptors (Lipinski definition) is 3. The highest BCUT2D eigenvalue weighted by atomic mass is 16.5. The van der Waals surface area contributed by atoms with Crippen molar-refractivity contribution in [2.75, 3.05) is 13.7 Å². The quantitative estimate of drug-likeness (QED) is 0.848. The van der Waals surface area contributed by atoms with Crippen molar-refractivity contribution in [3.63, 3.8) is 0 Å². The lowest BCUT2D eigenvalue weighted by molar-refractivity contribution is -0.143. The molecule has 5 heteroatoms. The SMILES string of the molecule is CO[C@@H](C(=O)N1CCC[C@@H]1Cn1nc(C)cc1C)c1ccccc1. The van der Waals surface area contributed by atoms with E-state index in [2.05, 4.69) is 18.1 Å². The first-order valence-corrected chi connectivity index (χ1v) is 8.49. The van der Waals surface area contributed by atoms with E-state index in [9.17, 15) is 4.79 Å². The summed E-state index contributed by atoms with van der Waals surface area (Å²) in [6.45, 7) is 5.59. The molecule has 0 unspecified atom stereocenters.